The molecule has 0 bridgehead atoms. The van der Waals surface area contributed by atoms with Crippen LogP contribution >= 0.6 is 0 Å². The van der Waals surface area contributed by atoms with E-state index in [0.717, 1.165) is 0 Å². The van der Waals surface area contributed by atoms with E-state index in [4.69, 9.17) is 14.2 Å². The van der Waals surface area contributed by atoms with E-state index < -0.39 is 6.04 Å². The fourth-order valence-electron chi connectivity index (χ4n) is 3.12. The number of benzene rings is 2. The van der Waals surface area contributed by atoms with Gasteiger partial charge in [0.25, 0.3) is 5.91 Å². The summed E-state index contributed by atoms with van der Waals surface area (Å²) in [6.07, 6.45) is -0.293. The predicted octanol–water partition coefficient (Wildman–Crippen LogP) is 2.80. The van der Waals surface area contributed by atoms with Gasteiger partial charge in [-0.3, -0.25) is 9.59 Å². The third kappa shape index (κ3) is 5.43. The molecule has 2 aromatic rings. The van der Waals surface area contributed by atoms with Crippen molar-refractivity contribution in [1.82, 2.24) is 10.6 Å². The van der Waals surface area contributed by atoms with Crippen molar-refractivity contribution in [2.45, 2.75) is 32.9 Å². The largest absolute Gasteiger partial charge is 0.494 e. The third-order valence-corrected chi connectivity index (χ3v) is 4.73. The average Bonchev–Trinajstić information content (AvgIpc) is 2.76. The average molecular weight is 412 g/mol. The van der Waals surface area contributed by atoms with E-state index in [2.05, 4.69) is 10.6 Å². The van der Waals surface area contributed by atoms with E-state index in [1.807, 2.05) is 45.0 Å². The number of nitrogens with one attached hydrogen (secondary N) is 2. The number of carbonyl (C=O) groups excluding carboxylic acids is 2. The minimum Gasteiger partial charge on any atom is -0.494 e. The van der Waals surface area contributed by atoms with Crippen LogP contribution in [0.5, 0.6) is 17.2 Å². The first-order chi connectivity index (χ1) is 14.5. The third-order valence-electron chi connectivity index (χ3n) is 4.73. The number of carbonyl (C=O) groups is 2. The molecule has 0 aliphatic carbocycles. The van der Waals surface area contributed by atoms with Crippen molar-refractivity contribution >= 4 is 11.8 Å². The van der Waals surface area contributed by atoms with Crippen molar-refractivity contribution < 1.29 is 23.8 Å². The molecule has 160 valence electrons. The highest BCUT2D eigenvalue weighted by atomic mass is 16.6. The molecule has 2 amide bonds. The van der Waals surface area contributed by atoms with Crippen LogP contribution in [0.15, 0.2) is 48.5 Å². The first-order valence-corrected chi connectivity index (χ1v) is 10.2. The van der Waals surface area contributed by atoms with Crippen LogP contribution < -0.4 is 24.8 Å². The van der Waals surface area contributed by atoms with E-state index in [1.165, 1.54) is 0 Å². The number of amides is 2. The molecule has 2 atom stereocenters. The quantitative estimate of drug-likeness (QED) is 0.696. The van der Waals surface area contributed by atoms with Crippen LogP contribution in [0.1, 0.15) is 31.1 Å². The van der Waals surface area contributed by atoms with Crippen molar-refractivity contribution in [2.75, 3.05) is 19.8 Å². The Kier molecular flexibility index (Phi) is 7.17. The zero-order valence-electron chi connectivity index (χ0n) is 17.5. The molecule has 30 heavy (non-hydrogen) atoms. The lowest BCUT2D eigenvalue weighted by molar-refractivity contribution is -0.124. The zero-order chi connectivity index (χ0) is 21.5. The molecular weight excluding hydrogens is 384 g/mol. The lowest BCUT2D eigenvalue weighted by atomic mass is 10.0. The van der Waals surface area contributed by atoms with Crippen LogP contribution in [0.4, 0.5) is 0 Å². The van der Waals surface area contributed by atoms with Crippen molar-refractivity contribution in [1.29, 1.82) is 0 Å². The summed E-state index contributed by atoms with van der Waals surface area (Å²) in [5, 5.41) is 5.69. The minimum atomic E-state index is -0.666. The molecule has 1 aliphatic rings. The highest BCUT2D eigenvalue weighted by Crippen LogP contribution is 2.30. The maximum absolute atomic E-state index is 12.7. The lowest BCUT2D eigenvalue weighted by Gasteiger charge is -2.28. The normalized spacial score (nSPS) is 15.9. The molecule has 7 nitrogen and oxygen atoms in total. The molecule has 0 spiro atoms. The summed E-state index contributed by atoms with van der Waals surface area (Å²) >= 11 is 0. The maximum Gasteiger partial charge on any atom is 0.251 e. The molecule has 0 aromatic heterocycles. The second-order valence-electron chi connectivity index (χ2n) is 7.40. The molecule has 0 saturated carbocycles. The van der Waals surface area contributed by atoms with Crippen LogP contribution in [0.3, 0.4) is 0 Å². The summed E-state index contributed by atoms with van der Waals surface area (Å²) < 4.78 is 16.9. The maximum atomic E-state index is 12.7. The van der Waals surface area contributed by atoms with Gasteiger partial charge >= 0.3 is 0 Å². The molecular formula is C23H28N2O5. The topological polar surface area (TPSA) is 85.9 Å². The van der Waals surface area contributed by atoms with Gasteiger partial charge in [-0.05, 0) is 49.2 Å². The Balaban J connectivity index is 1.55. The Morgan fingerprint density at radius 3 is 2.47 bits per heavy atom. The molecule has 0 saturated heterocycles. The Bertz CT molecular complexity index is 866. The lowest BCUT2D eigenvalue weighted by Crippen LogP contribution is -2.52. The molecule has 3 rings (SSSR count). The number of rotatable bonds is 8. The van der Waals surface area contributed by atoms with E-state index in [0.29, 0.717) is 36.0 Å². The highest BCUT2D eigenvalue weighted by molar-refractivity contribution is 5.97. The van der Waals surface area contributed by atoms with E-state index in [1.54, 1.807) is 24.3 Å². The Labute approximate surface area is 176 Å². The Hall–Kier alpha value is -3.22. The summed E-state index contributed by atoms with van der Waals surface area (Å²) in [5.41, 5.74) is 0.470. The Morgan fingerprint density at radius 2 is 1.80 bits per heavy atom. The summed E-state index contributed by atoms with van der Waals surface area (Å²) in [4.78, 5) is 25.3. The first-order valence-electron chi connectivity index (χ1n) is 10.2. The molecule has 0 fully saturated rings. The SMILES string of the molecule is CCOc1ccc(C(=O)N[C@@H](C(=O)NC[C@H]2COc3ccccc3O2)C(C)C)cc1. The number of hydrogen-bond acceptors (Lipinski definition) is 5. The molecule has 2 N–H and O–H groups in total. The summed E-state index contributed by atoms with van der Waals surface area (Å²) in [6.45, 7) is 6.87. The second kappa shape index (κ2) is 10.0. The smallest absolute Gasteiger partial charge is 0.251 e. The molecule has 7 heteroatoms. The van der Waals surface area contributed by atoms with Crippen molar-refractivity contribution in [2.24, 2.45) is 5.92 Å². The van der Waals surface area contributed by atoms with Gasteiger partial charge in [-0.1, -0.05) is 26.0 Å². The number of fused-ring (bicyclic) bond motifs is 1. The van der Waals surface area contributed by atoms with Crippen molar-refractivity contribution in [3.63, 3.8) is 0 Å². The van der Waals surface area contributed by atoms with Crippen LogP contribution in [0.2, 0.25) is 0 Å². The van der Waals surface area contributed by atoms with Crippen LogP contribution in [0.25, 0.3) is 0 Å². The number of hydrogen-bond donors (Lipinski definition) is 2. The van der Waals surface area contributed by atoms with Gasteiger partial charge in [0, 0.05) is 5.56 Å². The van der Waals surface area contributed by atoms with E-state index >= 15 is 0 Å². The second-order valence-corrected chi connectivity index (χ2v) is 7.40. The predicted molar refractivity (Wildman–Crippen MR) is 113 cm³/mol. The van der Waals surface area contributed by atoms with E-state index in [-0.39, 0.29) is 30.4 Å². The monoisotopic (exact) mass is 412 g/mol. The van der Waals surface area contributed by atoms with Gasteiger partial charge in [0.2, 0.25) is 5.91 Å². The van der Waals surface area contributed by atoms with Crippen LogP contribution in [-0.4, -0.2) is 43.7 Å². The summed E-state index contributed by atoms with van der Waals surface area (Å²) in [5.74, 6) is 1.41. The van der Waals surface area contributed by atoms with Gasteiger partial charge in [-0.25, -0.2) is 0 Å². The molecule has 1 heterocycles. The first kappa shape index (κ1) is 21.5. The summed E-state index contributed by atoms with van der Waals surface area (Å²) in [6, 6.07) is 13.6. The van der Waals surface area contributed by atoms with Gasteiger partial charge in [-0.15, -0.1) is 0 Å². The standard InChI is InChI=1S/C23H28N2O5/c1-4-28-17-11-9-16(10-12-17)22(26)25-21(15(2)3)23(27)24-13-18-14-29-19-7-5-6-8-20(19)30-18/h5-12,15,18,21H,4,13-14H2,1-3H3,(H,24,27)(H,25,26)/t18-,21+/m0/s1. The molecule has 2 aromatic carbocycles. The highest BCUT2D eigenvalue weighted by Gasteiger charge is 2.27. The van der Waals surface area contributed by atoms with Gasteiger partial charge in [0.1, 0.15) is 24.5 Å². The van der Waals surface area contributed by atoms with Gasteiger partial charge in [0.05, 0.1) is 13.2 Å². The van der Waals surface area contributed by atoms with Crippen molar-refractivity contribution in [3.8, 4) is 17.2 Å². The van der Waals surface area contributed by atoms with Gasteiger partial charge < -0.3 is 24.8 Å². The molecule has 0 radical (unpaired) electrons. The fraction of sp³-hybridized carbons (Fsp3) is 0.391. The number of ether oxygens (including phenoxy) is 3. The van der Waals surface area contributed by atoms with Crippen LogP contribution in [0, 0.1) is 5.92 Å². The van der Waals surface area contributed by atoms with Gasteiger partial charge in [0.15, 0.2) is 11.5 Å². The van der Waals surface area contributed by atoms with Crippen molar-refractivity contribution in [3.05, 3.63) is 54.1 Å². The van der Waals surface area contributed by atoms with Gasteiger partial charge in [-0.2, -0.15) is 0 Å². The zero-order valence-corrected chi connectivity index (χ0v) is 17.5. The van der Waals surface area contributed by atoms with E-state index in [9.17, 15) is 9.59 Å². The number of para-hydroxylation sites is 2. The fourth-order valence-corrected chi connectivity index (χ4v) is 3.12. The molecule has 1 aliphatic heterocycles. The summed E-state index contributed by atoms with van der Waals surface area (Å²) in [7, 11) is 0. The Morgan fingerprint density at radius 1 is 1.10 bits per heavy atom. The van der Waals surface area contributed by atoms with Crippen LogP contribution in [-0.2, 0) is 4.79 Å². The minimum absolute atomic E-state index is 0.0825. The molecule has 0 unspecified atom stereocenters.